The zero-order valence-corrected chi connectivity index (χ0v) is 16.8. The summed E-state index contributed by atoms with van der Waals surface area (Å²) in [6, 6.07) is 19.5. The number of aryl methyl sites for hydroxylation is 1. The molecule has 0 N–H and O–H groups in total. The molecule has 2 rings (SSSR count). The second kappa shape index (κ2) is 8.16. The summed E-state index contributed by atoms with van der Waals surface area (Å²) in [5.41, 5.74) is 3.68. The normalized spacial score (nSPS) is 14.8. The minimum absolute atomic E-state index is 0.00660. The summed E-state index contributed by atoms with van der Waals surface area (Å²) in [5.74, 6) is 0.435. The van der Waals surface area contributed by atoms with Crippen LogP contribution in [0.4, 0.5) is 0 Å². The summed E-state index contributed by atoms with van der Waals surface area (Å²) in [6.45, 7) is 15.4. The summed E-state index contributed by atoms with van der Waals surface area (Å²) >= 11 is 0. The summed E-state index contributed by atoms with van der Waals surface area (Å²) in [7, 11) is 0. The van der Waals surface area contributed by atoms with Crippen LogP contribution in [0.1, 0.15) is 70.4 Å². The monoisotopic (exact) mass is 339 g/mol. The molecule has 0 aromatic heterocycles. The molecular formula is C23H33NO. The van der Waals surface area contributed by atoms with Crippen molar-refractivity contribution < 1.29 is 4.84 Å². The van der Waals surface area contributed by atoms with Gasteiger partial charge in [-0.2, -0.15) is 5.06 Å². The molecule has 0 aliphatic carbocycles. The van der Waals surface area contributed by atoms with Crippen molar-refractivity contribution in [1.29, 1.82) is 0 Å². The molecule has 0 aliphatic rings. The zero-order chi connectivity index (χ0) is 18.6. The molecular weight excluding hydrogens is 306 g/mol. The molecule has 2 nitrogen and oxygen atoms in total. The van der Waals surface area contributed by atoms with E-state index in [1.54, 1.807) is 0 Å². The van der Waals surface area contributed by atoms with E-state index in [1.807, 2.05) is 6.07 Å². The van der Waals surface area contributed by atoms with Crippen molar-refractivity contribution in [1.82, 2.24) is 5.06 Å². The van der Waals surface area contributed by atoms with Gasteiger partial charge in [0.1, 0.15) is 6.10 Å². The van der Waals surface area contributed by atoms with Gasteiger partial charge < -0.3 is 0 Å². The van der Waals surface area contributed by atoms with Gasteiger partial charge in [-0.15, -0.1) is 0 Å². The maximum atomic E-state index is 6.54. The van der Waals surface area contributed by atoms with Gasteiger partial charge in [0.15, 0.2) is 0 Å². The lowest BCUT2D eigenvalue weighted by molar-refractivity contribution is -0.272. The van der Waals surface area contributed by atoms with Crippen molar-refractivity contribution in [2.45, 2.75) is 66.2 Å². The van der Waals surface area contributed by atoms with Crippen molar-refractivity contribution in [3.05, 3.63) is 71.3 Å². The first-order valence-electron chi connectivity index (χ1n) is 9.27. The van der Waals surface area contributed by atoms with Crippen LogP contribution in [0, 0.1) is 12.8 Å². The maximum Gasteiger partial charge on any atom is 0.102 e. The first kappa shape index (κ1) is 19.7. The highest BCUT2D eigenvalue weighted by molar-refractivity contribution is 5.25. The minimum Gasteiger partial charge on any atom is -0.290 e. The highest BCUT2D eigenvalue weighted by Crippen LogP contribution is 2.37. The van der Waals surface area contributed by atoms with Crippen LogP contribution in [0.5, 0.6) is 0 Å². The number of hydrogen-bond donors (Lipinski definition) is 0. The Kier molecular flexibility index (Phi) is 6.42. The molecule has 0 fully saturated rings. The van der Waals surface area contributed by atoms with Gasteiger partial charge in [-0.1, -0.05) is 74.0 Å². The molecule has 0 spiro atoms. The Balaban J connectivity index is 2.35. The molecule has 0 amide bonds. The quantitative estimate of drug-likeness (QED) is 0.558. The van der Waals surface area contributed by atoms with E-state index in [9.17, 15) is 0 Å². The molecule has 2 aromatic carbocycles. The van der Waals surface area contributed by atoms with Gasteiger partial charge >= 0.3 is 0 Å². The molecule has 0 aliphatic heterocycles. The lowest BCUT2D eigenvalue weighted by Crippen LogP contribution is -2.46. The summed E-state index contributed by atoms with van der Waals surface area (Å²) < 4.78 is 0. The van der Waals surface area contributed by atoms with Gasteiger partial charge in [0.2, 0.25) is 0 Å². The highest BCUT2D eigenvalue weighted by atomic mass is 16.7. The van der Waals surface area contributed by atoms with Crippen molar-refractivity contribution in [2.75, 3.05) is 0 Å². The fraction of sp³-hybridized carbons (Fsp3) is 0.478. The Morgan fingerprint density at radius 2 is 1.36 bits per heavy atom. The molecule has 0 saturated carbocycles. The first-order chi connectivity index (χ1) is 11.7. The van der Waals surface area contributed by atoms with Crippen molar-refractivity contribution in [3.8, 4) is 0 Å². The molecule has 2 unspecified atom stereocenters. The molecule has 2 atom stereocenters. The lowest BCUT2D eigenvalue weighted by atomic mass is 9.92. The Morgan fingerprint density at radius 1 is 0.800 bits per heavy atom. The minimum atomic E-state index is -0.108. The molecule has 2 heteroatoms. The van der Waals surface area contributed by atoms with Gasteiger partial charge in [0.25, 0.3) is 0 Å². The summed E-state index contributed by atoms with van der Waals surface area (Å²) in [4.78, 5) is 6.54. The maximum absolute atomic E-state index is 6.54. The van der Waals surface area contributed by atoms with Crippen LogP contribution in [-0.4, -0.2) is 10.6 Å². The van der Waals surface area contributed by atoms with Crippen LogP contribution in [0.2, 0.25) is 0 Å². The van der Waals surface area contributed by atoms with E-state index in [4.69, 9.17) is 4.84 Å². The summed E-state index contributed by atoms with van der Waals surface area (Å²) in [5, 5.41) is 2.19. The van der Waals surface area contributed by atoms with Crippen LogP contribution >= 0.6 is 0 Å². The number of nitrogens with zero attached hydrogens (tertiary/aromatic N) is 1. The van der Waals surface area contributed by atoms with Gasteiger partial charge in [-0.3, -0.25) is 4.84 Å². The third-order valence-electron chi connectivity index (χ3n) is 4.50. The van der Waals surface area contributed by atoms with Crippen molar-refractivity contribution in [3.63, 3.8) is 0 Å². The molecule has 0 radical (unpaired) electrons. The largest absolute Gasteiger partial charge is 0.290 e. The second-order valence-corrected chi connectivity index (χ2v) is 8.25. The summed E-state index contributed by atoms with van der Waals surface area (Å²) in [6.07, 6.45) is 0.00660. The molecule has 0 saturated heterocycles. The van der Waals surface area contributed by atoms with Crippen molar-refractivity contribution >= 4 is 0 Å². The molecule has 25 heavy (non-hydrogen) atoms. The smallest absolute Gasteiger partial charge is 0.102 e. The van der Waals surface area contributed by atoms with Gasteiger partial charge in [0, 0.05) is 5.54 Å². The molecule has 0 bridgehead atoms. The van der Waals surface area contributed by atoms with E-state index in [2.05, 4.69) is 102 Å². The predicted molar refractivity (Wildman–Crippen MR) is 106 cm³/mol. The average Bonchev–Trinajstić information content (AvgIpc) is 2.55. The number of benzene rings is 2. The standard InChI is InChI=1S/C23H33NO/c1-17(2)22(21-15-13-18(3)14-16-21)24(23(5,6)7)25-19(4)20-11-9-8-10-12-20/h8-17,19,22H,1-7H3. The Hall–Kier alpha value is -1.64. The number of hydrogen-bond acceptors (Lipinski definition) is 2. The Morgan fingerprint density at radius 3 is 1.84 bits per heavy atom. The second-order valence-electron chi connectivity index (χ2n) is 8.25. The third-order valence-corrected chi connectivity index (χ3v) is 4.50. The fourth-order valence-corrected chi connectivity index (χ4v) is 3.15. The van der Waals surface area contributed by atoms with E-state index in [1.165, 1.54) is 16.7 Å². The molecule has 136 valence electrons. The highest BCUT2D eigenvalue weighted by Gasteiger charge is 2.34. The third kappa shape index (κ3) is 5.17. The van der Waals surface area contributed by atoms with Crippen molar-refractivity contribution in [2.24, 2.45) is 5.92 Å². The number of rotatable bonds is 6. The Bertz CT molecular complexity index is 640. The lowest BCUT2D eigenvalue weighted by Gasteiger charge is -2.44. The SMILES string of the molecule is Cc1ccc(C(C(C)C)N(OC(C)c2ccccc2)C(C)(C)C)cc1. The van der Waals surface area contributed by atoms with E-state index < -0.39 is 0 Å². The average molecular weight is 340 g/mol. The molecule has 0 heterocycles. The topological polar surface area (TPSA) is 12.5 Å². The molecule has 2 aromatic rings. The van der Waals surface area contributed by atoms with E-state index in [0.29, 0.717) is 5.92 Å². The van der Waals surface area contributed by atoms with Gasteiger partial charge in [-0.05, 0) is 51.7 Å². The van der Waals surface area contributed by atoms with Crippen LogP contribution in [-0.2, 0) is 4.84 Å². The van der Waals surface area contributed by atoms with Gasteiger partial charge in [0.05, 0.1) is 6.04 Å². The van der Waals surface area contributed by atoms with E-state index in [-0.39, 0.29) is 17.7 Å². The van der Waals surface area contributed by atoms with Crippen LogP contribution in [0.15, 0.2) is 54.6 Å². The van der Waals surface area contributed by atoms with Crippen LogP contribution < -0.4 is 0 Å². The van der Waals surface area contributed by atoms with E-state index in [0.717, 1.165) is 0 Å². The van der Waals surface area contributed by atoms with Crippen LogP contribution in [0.3, 0.4) is 0 Å². The predicted octanol–water partition coefficient (Wildman–Crippen LogP) is 6.49. The zero-order valence-electron chi connectivity index (χ0n) is 16.8. The number of hydroxylamine groups is 2. The van der Waals surface area contributed by atoms with E-state index >= 15 is 0 Å². The van der Waals surface area contributed by atoms with Gasteiger partial charge in [-0.25, -0.2) is 0 Å². The Labute approximate surface area is 153 Å². The first-order valence-corrected chi connectivity index (χ1v) is 9.27. The van der Waals surface area contributed by atoms with Crippen LogP contribution in [0.25, 0.3) is 0 Å². The fourth-order valence-electron chi connectivity index (χ4n) is 3.15.